The standard InChI is InChI=1S/C21H23F3N2O3/c1-13-18(14(2)29-25-13)9-10-19(27)26-11-3-4-16(12-26)20(28)15-5-7-17(8-6-15)21(22,23)24/h5-8,16H,3-4,9-12H2,1-2H3/t16-/m1/s1. The van der Waals surface area contributed by atoms with E-state index in [2.05, 4.69) is 5.16 Å². The molecule has 1 aliphatic heterocycles. The number of halogens is 3. The fraction of sp³-hybridized carbons (Fsp3) is 0.476. The van der Waals surface area contributed by atoms with Crippen LogP contribution in [0.5, 0.6) is 0 Å². The number of carbonyl (C=O) groups excluding carboxylic acids is 2. The first kappa shape index (κ1) is 21.1. The third-order valence-electron chi connectivity index (χ3n) is 5.41. The fourth-order valence-corrected chi connectivity index (χ4v) is 3.73. The number of Topliss-reactive ketones (excluding diaryl/α,β-unsaturated/α-hetero) is 1. The number of alkyl halides is 3. The molecule has 0 spiro atoms. The van der Waals surface area contributed by atoms with E-state index in [-0.39, 0.29) is 17.3 Å². The highest BCUT2D eigenvalue weighted by Gasteiger charge is 2.32. The number of carbonyl (C=O) groups is 2. The molecule has 1 amide bonds. The van der Waals surface area contributed by atoms with Gasteiger partial charge in [0.05, 0.1) is 11.3 Å². The SMILES string of the molecule is Cc1noc(C)c1CCC(=O)N1CCC[C@@H](C(=O)c2ccc(C(F)(F)F)cc2)C1. The average Bonchev–Trinajstić information content (AvgIpc) is 3.02. The highest BCUT2D eigenvalue weighted by Crippen LogP contribution is 2.30. The Morgan fingerprint density at radius 1 is 1.21 bits per heavy atom. The van der Waals surface area contributed by atoms with Gasteiger partial charge >= 0.3 is 6.18 Å². The maximum Gasteiger partial charge on any atom is 0.416 e. The van der Waals surface area contributed by atoms with Gasteiger partial charge in [0.15, 0.2) is 5.78 Å². The summed E-state index contributed by atoms with van der Waals surface area (Å²) < 4.78 is 43.2. The van der Waals surface area contributed by atoms with Crippen LogP contribution in [0.1, 0.15) is 52.2 Å². The largest absolute Gasteiger partial charge is 0.416 e. The lowest BCUT2D eigenvalue weighted by Gasteiger charge is -2.32. The predicted molar refractivity (Wildman–Crippen MR) is 99.4 cm³/mol. The zero-order valence-electron chi connectivity index (χ0n) is 16.4. The molecule has 1 aromatic heterocycles. The van der Waals surface area contributed by atoms with Gasteiger partial charge in [0, 0.05) is 36.6 Å². The zero-order valence-corrected chi connectivity index (χ0v) is 16.4. The minimum atomic E-state index is -4.43. The second-order valence-corrected chi connectivity index (χ2v) is 7.42. The van der Waals surface area contributed by atoms with Gasteiger partial charge in [0.25, 0.3) is 0 Å². The molecule has 0 saturated carbocycles. The van der Waals surface area contributed by atoms with Crippen molar-refractivity contribution in [2.75, 3.05) is 13.1 Å². The van der Waals surface area contributed by atoms with Crippen LogP contribution in [-0.4, -0.2) is 34.8 Å². The van der Waals surface area contributed by atoms with Gasteiger partial charge in [-0.1, -0.05) is 17.3 Å². The number of likely N-dealkylation sites (tertiary alicyclic amines) is 1. The first-order valence-corrected chi connectivity index (χ1v) is 9.58. The Balaban J connectivity index is 1.61. The Morgan fingerprint density at radius 2 is 1.90 bits per heavy atom. The van der Waals surface area contributed by atoms with Gasteiger partial charge in [-0.25, -0.2) is 0 Å². The van der Waals surface area contributed by atoms with Gasteiger partial charge in [-0.2, -0.15) is 13.2 Å². The van der Waals surface area contributed by atoms with Crippen molar-refractivity contribution in [3.05, 3.63) is 52.4 Å². The molecule has 1 saturated heterocycles. The first-order chi connectivity index (χ1) is 13.7. The molecule has 2 aromatic rings. The van der Waals surface area contributed by atoms with E-state index in [4.69, 9.17) is 4.52 Å². The zero-order chi connectivity index (χ0) is 21.2. The fourth-order valence-electron chi connectivity index (χ4n) is 3.73. The molecule has 1 aromatic carbocycles. The molecule has 156 valence electrons. The highest BCUT2D eigenvalue weighted by atomic mass is 19.4. The molecule has 8 heteroatoms. The summed E-state index contributed by atoms with van der Waals surface area (Å²) in [5, 5.41) is 3.88. The Bertz CT molecular complexity index is 868. The van der Waals surface area contributed by atoms with E-state index >= 15 is 0 Å². The number of hydrogen-bond acceptors (Lipinski definition) is 4. The summed E-state index contributed by atoms with van der Waals surface area (Å²) in [4.78, 5) is 27.0. The van der Waals surface area contributed by atoms with Crippen LogP contribution in [-0.2, 0) is 17.4 Å². The van der Waals surface area contributed by atoms with Crippen molar-refractivity contribution in [2.45, 2.75) is 45.7 Å². The van der Waals surface area contributed by atoms with Crippen molar-refractivity contribution in [3.8, 4) is 0 Å². The quantitative estimate of drug-likeness (QED) is 0.690. The lowest BCUT2D eigenvalue weighted by atomic mass is 9.89. The maximum atomic E-state index is 12.7. The van der Waals surface area contributed by atoms with E-state index in [1.807, 2.05) is 6.92 Å². The lowest BCUT2D eigenvalue weighted by molar-refractivity contribution is -0.137. The molecule has 0 bridgehead atoms. The molecule has 0 N–H and O–H groups in total. The van der Waals surface area contributed by atoms with Gasteiger partial charge < -0.3 is 9.42 Å². The minimum absolute atomic E-state index is 0.0464. The van der Waals surface area contributed by atoms with E-state index in [9.17, 15) is 22.8 Å². The number of benzene rings is 1. The minimum Gasteiger partial charge on any atom is -0.361 e. The lowest BCUT2D eigenvalue weighted by Crippen LogP contribution is -2.42. The number of ketones is 1. The van der Waals surface area contributed by atoms with Crippen molar-refractivity contribution in [3.63, 3.8) is 0 Å². The number of aryl methyl sites for hydroxylation is 2. The Labute approximate surface area is 166 Å². The average molecular weight is 408 g/mol. The highest BCUT2D eigenvalue weighted by molar-refractivity contribution is 5.98. The molecule has 1 atom stereocenters. The van der Waals surface area contributed by atoms with Gasteiger partial charge in [0.1, 0.15) is 5.76 Å². The van der Waals surface area contributed by atoms with Crippen molar-refractivity contribution in [1.29, 1.82) is 0 Å². The Kier molecular flexibility index (Phi) is 6.10. The molecule has 3 rings (SSSR count). The van der Waals surface area contributed by atoms with Crippen molar-refractivity contribution in [2.24, 2.45) is 5.92 Å². The summed E-state index contributed by atoms with van der Waals surface area (Å²) >= 11 is 0. The molecule has 0 radical (unpaired) electrons. The maximum absolute atomic E-state index is 12.7. The second kappa shape index (κ2) is 8.39. The molecular weight excluding hydrogens is 385 g/mol. The topological polar surface area (TPSA) is 63.4 Å². The van der Waals surface area contributed by atoms with Gasteiger partial charge in [-0.15, -0.1) is 0 Å². The summed E-state index contributed by atoms with van der Waals surface area (Å²) in [6, 6.07) is 4.26. The monoisotopic (exact) mass is 408 g/mol. The van der Waals surface area contributed by atoms with Crippen LogP contribution in [0.3, 0.4) is 0 Å². The van der Waals surface area contributed by atoms with E-state index < -0.39 is 17.7 Å². The molecule has 2 heterocycles. The second-order valence-electron chi connectivity index (χ2n) is 7.42. The smallest absolute Gasteiger partial charge is 0.361 e. The number of hydrogen-bond donors (Lipinski definition) is 0. The van der Waals surface area contributed by atoms with E-state index in [1.54, 1.807) is 11.8 Å². The number of amides is 1. The molecule has 5 nitrogen and oxygen atoms in total. The summed E-state index contributed by atoms with van der Waals surface area (Å²) in [5.74, 6) is 0.0321. The van der Waals surface area contributed by atoms with E-state index in [0.29, 0.717) is 44.5 Å². The van der Waals surface area contributed by atoms with Crippen molar-refractivity contribution < 1.29 is 27.3 Å². The van der Waals surface area contributed by atoms with Crippen LogP contribution in [0.25, 0.3) is 0 Å². The normalized spacial score (nSPS) is 17.4. The molecule has 29 heavy (non-hydrogen) atoms. The van der Waals surface area contributed by atoms with Gasteiger partial charge in [-0.3, -0.25) is 9.59 Å². The van der Waals surface area contributed by atoms with Crippen LogP contribution < -0.4 is 0 Å². The number of piperidine rings is 1. The Hall–Kier alpha value is -2.64. The van der Waals surface area contributed by atoms with Gasteiger partial charge in [0.2, 0.25) is 5.91 Å². The molecular formula is C21H23F3N2O3. The summed E-state index contributed by atoms with van der Waals surface area (Å²) in [6.45, 7) is 4.51. The number of nitrogens with zero attached hydrogens (tertiary/aromatic N) is 2. The molecule has 0 unspecified atom stereocenters. The van der Waals surface area contributed by atoms with Crippen LogP contribution in [0.4, 0.5) is 13.2 Å². The van der Waals surface area contributed by atoms with Crippen LogP contribution >= 0.6 is 0 Å². The van der Waals surface area contributed by atoms with E-state index in [1.165, 1.54) is 12.1 Å². The third-order valence-corrected chi connectivity index (χ3v) is 5.41. The first-order valence-electron chi connectivity index (χ1n) is 9.58. The summed E-state index contributed by atoms with van der Waals surface area (Å²) in [5.41, 5.74) is 1.15. The van der Waals surface area contributed by atoms with E-state index in [0.717, 1.165) is 23.4 Å². The molecule has 1 fully saturated rings. The van der Waals surface area contributed by atoms with Crippen LogP contribution in [0.15, 0.2) is 28.8 Å². The number of aromatic nitrogens is 1. The summed E-state index contributed by atoms with van der Waals surface area (Å²) in [6.07, 6.45) is -2.31. The van der Waals surface area contributed by atoms with Gasteiger partial charge in [-0.05, 0) is 45.2 Å². The third kappa shape index (κ3) is 4.86. The van der Waals surface area contributed by atoms with Crippen molar-refractivity contribution >= 4 is 11.7 Å². The summed E-state index contributed by atoms with van der Waals surface area (Å²) in [7, 11) is 0. The molecule has 0 aliphatic carbocycles. The predicted octanol–water partition coefficient (Wildman–Crippen LogP) is 4.36. The van der Waals surface area contributed by atoms with Crippen molar-refractivity contribution in [1.82, 2.24) is 10.1 Å². The molecule has 1 aliphatic rings. The number of rotatable bonds is 5. The van der Waals surface area contributed by atoms with Crippen LogP contribution in [0.2, 0.25) is 0 Å². The Morgan fingerprint density at radius 3 is 2.48 bits per heavy atom. The van der Waals surface area contributed by atoms with Crippen LogP contribution in [0, 0.1) is 19.8 Å².